The van der Waals surface area contributed by atoms with Crippen molar-refractivity contribution in [2.24, 2.45) is 5.10 Å². The number of hydrazone groups is 1. The molecule has 0 fully saturated rings. The Hall–Kier alpha value is -3.21. The van der Waals surface area contributed by atoms with E-state index in [1.807, 2.05) is 0 Å². The average Bonchev–Trinajstić information content (AvgIpc) is 2.55. The summed E-state index contributed by atoms with van der Waals surface area (Å²) in [4.78, 5) is 20.0. The second-order valence-electron chi connectivity index (χ2n) is 4.82. The minimum atomic E-state index is -4.73. The van der Waals surface area contributed by atoms with Crippen molar-refractivity contribution >= 4 is 34.9 Å². The van der Waals surface area contributed by atoms with Crippen LogP contribution in [0.2, 0.25) is 5.02 Å². The van der Waals surface area contributed by atoms with E-state index in [9.17, 15) is 33.4 Å². The normalized spacial score (nSPS) is 11.5. The molecule has 0 aliphatic heterocycles. The van der Waals surface area contributed by atoms with Gasteiger partial charge in [-0.25, -0.2) is 0 Å². The number of non-ortho nitro benzene ring substituents is 1. The van der Waals surface area contributed by atoms with Crippen molar-refractivity contribution in [1.82, 2.24) is 0 Å². The molecule has 0 aromatic heterocycles. The molecule has 0 bridgehead atoms. The highest BCUT2D eigenvalue weighted by atomic mass is 35.5. The number of hydrogen-bond acceptors (Lipinski definition) is 6. The summed E-state index contributed by atoms with van der Waals surface area (Å²) in [5.74, 6) is 0. The Balaban J connectivity index is 2.29. The standard InChI is InChI=1S/C14H8ClF3N4O4/c15-11-3-2-10(21(23)24)5-8(11)7-19-20-12-4-1-9(14(16,17)18)6-13(12)22(25)26/h1-7,20H/b19-7-. The summed E-state index contributed by atoms with van der Waals surface area (Å²) in [6.45, 7) is 0. The molecule has 0 unspecified atom stereocenters. The summed E-state index contributed by atoms with van der Waals surface area (Å²) >= 11 is 5.86. The van der Waals surface area contributed by atoms with Gasteiger partial charge in [0, 0.05) is 28.8 Å². The molecule has 0 spiro atoms. The lowest BCUT2D eigenvalue weighted by Gasteiger charge is -2.08. The van der Waals surface area contributed by atoms with Crippen molar-refractivity contribution < 1.29 is 23.0 Å². The molecular formula is C14H8ClF3N4O4. The van der Waals surface area contributed by atoms with Gasteiger partial charge < -0.3 is 0 Å². The number of nitro groups is 2. The van der Waals surface area contributed by atoms with Crippen molar-refractivity contribution in [3.05, 3.63) is 72.8 Å². The smallest absolute Gasteiger partial charge is 0.272 e. The summed E-state index contributed by atoms with van der Waals surface area (Å²) < 4.78 is 37.9. The zero-order valence-electron chi connectivity index (χ0n) is 12.5. The van der Waals surface area contributed by atoms with Gasteiger partial charge in [-0.15, -0.1) is 0 Å². The second-order valence-corrected chi connectivity index (χ2v) is 5.23. The highest BCUT2D eigenvalue weighted by molar-refractivity contribution is 6.33. The van der Waals surface area contributed by atoms with Crippen LogP contribution in [0.5, 0.6) is 0 Å². The van der Waals surface area contributed by atoms with E-state index in [1.165, 1.54) is 12.1 Å². The molecule has 0 aliphatic carbocycles. The van der Waals surface area contributed by atoms with E-state index in [4.69, 9.17) is 11.6 Å². The summed E-state index contributed by atoms with van der Waals surface area (Å²) in [6, 6.07) is 5.45. The zero-order chi connectivity index (χ0) is 19.5. The average molecular weight is 389 g/mol. The van der Waals surface area contributed by atoms with Crippen LogP contribution in [0, 0.1) is 20.2 Å². The lowest BCUT2D eigenvalue weighted by Crippen LogP contribution is -2.06. The highest BCUT2D eigenvalue weighted by Crippen LogP contribution is 2.35. The third-order valence-electron chi connectivity index (χ3n) is 3.10. The maximum atomic E-state index is 12.6. The Morgan fingerprint density at radius 2 is 1.77 bits per heavy atom. The van der Waals surface area contributed by atoms with Crippen molar-refractivity contribution in [3.8, 4) is 0 Å². The molecule has 2 aromatic rings. The number of nitrogens with zero attached hydrogens (tertiary/aromatic N) is 3. The van der Waals surface area contributed by atoms with Crippen LogP contribution in [0.1, 0.15) is 11.1 Å². The number of nitrogens with one attached hydrogen (secondary N) is 1. The predicted octanol–water partition coefficient (Wildman–Crippen LogP) is 4.62. The third kappa shape index (κ3) is 4.45. The van der Waals surface area contributed by atoms with Crippen molar-refractivity contribution in [1.29, 1.82) is 0 Å². The molecule has 0 amide bonds. The number of alkyl halides is 3. The number of halogens is 4. The number of hydrogen-bond donors (Lipinski definition) is 1. The fraction of sp³-hybridized carbons (Fsp3) is 0.0714. The fourth-order valence-electron chi connectivity index (χ4n) is 1.87. The summed E-state index contributed by atoms with van der Waals surface area (Å²) in [5.41, 5.74) is -0.185. The van der Waals surface area contributed by atoms with E-state index in [2.05, 4.69) is 10.5 Å². The Morgan fingerprint density at radius 1 is 1.08 bits per heavy atom. The van der Waals surface area contributed by atoms with Gasteiger partial charge in [0.15, 0.2) is 0 Å². The van der Waals surface area contributed by atoms with E-state index in [1.54, 1.807) is 0 Å². The quantitative estimate of drug-likeness (QED) is 0.456. The minimum absolute atomic E-state index is 0.128. The lowest BCUT2D eigenvalue weighted by atomic mass is 10.1. The topological polar surface area (TPSA) is 111 Å². The molecule has 0 saturated heterocycles. The maximum absolute atomic E-state index is 12.6. The number of rotatable bonds is 5. The van der Waals surface area contributed by atoms with Crippen LogP contribution in [0.3, 0.4) is 0 Å². The van der Waals surface area contributed by atoms with E-state index >= 15 is 0 Å². The summed E-state index contributed by atoms with van der Waals surface area (Å²) in [6.07, 6.45) is -3.68. The maximum Gasteiger partial charge on any atom is 0.416 e. The van der Waals surface area contributed by atoms with Crippen LogP contribution in [-0.2, 0) is 6.18 Å². The van der Waals surface area contributed by atoms with Crippen LogP contribution in [-0.4, -0.2) is 16.1 Å². The molecule has 26 heavy (non-hydrogen) atoms. The van der Waals surface area contributed by atoms with Crippen molar-refractivity contribution in [2.45, 2.75) is 6.18 Å². The van der Waals surface area contributed by atoms with Crippen LogP contribution in [0.4, 0.5) is 30.2 Å². The summed E-state index contributed by atoms with van der Waals surface area (Å²) in [7, 11) is 0. The minimum Gasteiger partial charge on any atom is -0.272 e. The van der Waals surface area contributed by atoms with E-state index in [0.29, 0.717) is 12.1 Å². The monoisotopic (exact) mass is 388 g/mol. The number of benzene rings is 2. The van der Waals surface area contributed by atoms with Gasteiger partial charge >= 0.3 is 6.18 Å². The van der Waals surface area contributed by atoms with Gasteiger partial charge in [-0.1, -0.05) is 11.6 Å². The van der Waals surface area contributed by atoms with E-state index < -0.39 is 27.3 Å². The van der Waals surface area contributed by atoms with Crippen molar-refractivity contribution in [3.63, 3.8) is 0 Å². The Morgan fingerprint density at radius 3 is 2.35 bits per heavy atom. The molecular weight excluding hydrogens is 381 g/mol. The van der Waals surface area contributed by atoms with Gasteiger partial charge in [0.1, 0.15) is 5.69 Å². The molecule has 2 rings (SSSR count). The van der Waals surface area contributed by atoms with Gasteiger partial charge in [0.2, 0.25) is 0 Å². The van der Waals surface area contributed by atoms with Crippen LogP contribution in [0.25, 0.3) is 0 Å². The second kappa shape index (κ2) is 7.35. The molecule has 0 aliphatic rings. The molecule has 12 heteroatoms. The summed E-state index contributed by atoms with van der Waals surface area (Å²) in [5, 5.41) is 25.5. The highest BCUT2D eigenvalue weighted by Gasteiger charge is 2.33. The molecule has 0 saturated carbocycles. The number of anilines is 1. The molecule has 0 heterocycles. The number of nitro benzene ring substituents is 2. The van der Waals surface area contributed by atoms with Crippen molar-refractivity contribution in [2.75, 3.05) is 5.43 Å². The predicted molar refractivity (Wildman–Crippen MR) is 87.4 cm³/mol. The molecule has 8 nitrogen and oxygen atoms in total. The SMILES string of the molecule is O=[N+]([O-])c1ccc(Cl)c(/C=N\Nc2ccc(C(F)(F)F)cc2[N+](=O)[O-])c1. The fourth-order valence-corrected chi connectivity index (χ4v) is 2.03. The van der Waals surface area contributed by atoms with E-state index in [0.717, 1.165) is 18.3 Å². The zero-order valence-corrected chi connectivity index (χ0v) is 13.3. The third-order valence-corrected chi connectivity index (χ3v) is 3.44. The first kappa shape index (κ1) is 19.1. The van der Waals surface area contributed by atoms with Gasteiger partial charge in [0.05, 0.1) is 21.6 Å². The van der Waals surface area contributed by atoms with E-state index in [-0.39, 0.29) is 22.0 Å². The molecule has 2 aromatic carbocycles. The van der Waals surface area contributed by atoms with Gasteiger partial charge in [-0.2, -0.15) is 18.3 Å². The molecule has 1 N–H and O–H groups in total. The lowest BCUT2D eigenvalue weighted by molar-refractivity contribution is -0.384. The Kier molecular flexibility index (Phi) is 5.41. The van der Waals surface area contributed by atoms with Crippen LogP contribution < -0.4 is 5.43 Å². The van der Waals surface area contributed by atoms with Gasteiger partial charge in [0.25, 0.3) is 11.4 Å². The first-order valence-electron chi connectivity index (χ1n) is 6.68. The molecule has 136 valence electrons. The first-order chi connectivity index (χ1) is 12.1. The van der Waals surface area contributed by atoms with Crippen LogP contribution >= 0.6 is 11.6 Å². The largest absolute Gasteiger partial charge is 0.416 e. The molecule has 0 radical (unpaired) electrons. The van der Waals surface area contributed by atoms with Gasteiger partial charge in [-0.05, 0) is 18.2 Å². The Bertz CT molecular complexity index is 902. The Labute approximate surface area is 148 Å². The van der Waals surface area contributed by atoms with Gasteiger partial charge in [-0.3, -0.25) is 25.7 Å². The first-order valence-corrected chi connectivity index (χ1v) is 7.06. The molecule has 0 atom stereocenters. The van der Waals surface area contributed by atoms with Crippen LogP contribution in [0.15, 0.2) is 41.5 Å².